The van der Waals surface area contributed by atoms with Crippen LogP contribution in [0.3, 0.4) is 0 Å². The van der Waals surface area contributed by atoms with Crippen LogP contribution in [0, 0.1) is 5.41 Å². The summed E-state index contributed by atoms with van der Waals surface area (Å²) in [6.07, 6.45) is 3.09. The zero-order valence-corrected chi connectivity index (χ0v) is 8.62. The van der Waals surface area contributed by atoms with E-state index in [1.54, 1.807) is 0 Å². The van der Waals surface area contributed by atoms with Crippen molar-refractivity contribution in [2.24, 2.45) is 5.41 Å². The lowest BCUT2D eigenvalue weighted by atomic mass is 9.77. The first-order valence-corrected chi connectivity index (χ1v) is 5.27. The van der Waals surface area contributed by atoms with Gasteiger partial charge in [-0.15, -0.1) is 0 Å². The summed E-state index contributed by atoms with van der Waals surface area (Å²) in [5.41, 5.74) is 0.281. The summed E-state index contributed by atoms with van der Waals surface area (Å²) in [7, 11) is 1.93. The molecule has 1 atom stereocenters. The van der Waals surface area contributed by atoms with Crippen molar-refractivity contribution in [3.63, 3.8) is 0 Å². The van der Waals surface area contributed by atoms with E-state index in [-0.39, 0.29) is 11.5 Å². The van der Waals surface area contributed by atoms with E-state index in [4.69, 9.17) is 5.11 Å². The Morgan fingerprint density at radius 3 is 2.64 bits per heavy atom. The predicted octanol–water partition coefficient (Wildman–Crippen LogP) is 0.145. The Labute approximate surface area is 84.3 Å². The number of likely N-dealkylation sites (N-methyl/N-ethyl adjacent to an activating group) is 1. The van der Waals surface area contributed by atoms with Crippen molar-refractivity contribution in [3.05, 3.63) is 0 Å². The van der Waals surface area contributed by atoms with Crippen LogP contribution >= 0.6 is 0 Å². The number of rotatable bonds is 1. The average molecular weight is 198 g/mol. The summed E-state index contributed by atoms with van der Waals surface area (Å²) >= 11 is 0. The molecular weight excluding hydrogens is 180 g/mol. The second-order valence-electron chi connectivity index (χ2n) is 4.72. The van der Waals surface area contributed by atoms with Gasteiger partial charge in [-0.05, 0) is 44.8 Å². The van der Waals surface area contributed by atoms with Crippen LogP contribution in [0.2, 0.25) is 0 Å². The van der Waals surface area contributed by atoms with Crippen LogP contribution in [0.4, 0.5) is 0 Å². The number of piperidine rings is 1. The highest BCUT2D eigenvalue weighted by Gasteiger charge is 2.45. The molecule has 0 amide bonds. The summed E-state index contributed by atoms with van der Waals surface area (Å²) < 4.78 is 0. The molecule has 2 heterocycles. The lowest BCUT2D eigenvalue weighted by Crippen LogP contribution is -2.38. The van der Waals surface area contributed by atoms with Gasteiger partial charge >= 0.3 is 5.97 Å². The van der Waals surface area contributed by atoms with Crippen LogP contribution in [0.1, 0.15) is 19.3 Å². The van der Waals surface area contributed by atoms with Crippen LogP contribution in [0.5, 0.6) is 0 Å². The van der Waals surface area contributed by atoms with Crippen LogP contribution in [0.25, 0.3) is 0 Å². The molecule has 4 nitrogen and oxygen atoms in total. The van der Waals surface area contributed by atoms with Gasteiger partial charge in [0, 0.05) is 6.54 Å². The fourth-order valence-electron chi connectivity index (χ4n) is 2.86. The fraction of sp³-hybridized carbons (Fsp3) is 0.900. The molecule has 0 aliphatic carbocycles. The Balaban J connectivity index is 2.06. The van der Waals surface area contributed by atoms with Crippen LogP contribution in [0.15, 0.2) is 0 Å². The topological polar surface area (TPSA) is 52.6 Å². The number of nitrogens with zero attached hydrogens (tertiary/aromatic N) is 1. The van der Waals surface area contributed by atoms with Crippen molar-refractivity contribution in [1.82, 2.24) is 10.2 Å². The molecule has 2 aliphatic rings. The molecule has 0 aromatic heterocycles. The average Bonchev–Trinajstić information content (AvgIpc) is 2.44. The van der Waals surface area contributed by atoms with E-state index in [2.05, 4.69) is 5.32 Å². The number of carbonyl (C=O) groups is 1. The van der Waals surface area contributed by atoms with Gasteiger partial charge in [0.2, 0.25) is 0 Å². The van der Waals surface area contributed by atoms with Gasteiger partial charge in [-0.3, -0.25) is 9.69 Å². The number of aliphatic carboxylic acids is 1. The summed E-state index contributed by atoms with van der Waals surface area (Å²) in [5, 5.41) is 12.4. The molecule has 2 rings (SSSR count). The second-order valence-corrected chi connectivity index (χ2v) is 4.72. The van der Waals surface area contributed by atoms with E-state index < -0.39 is 5.97 Å². The maximum absolute atomic E-state index is 11.0. The van der Waals surface area contributed by atoms with E-state index in [9.17, 15) is 4.79 Å². The number of likely N-dealkylation sites (tertiary alicyclic amines) is 1. The second kappa shape index (κ2) is 3.51. The van der Waals surface area contributed by atoms with Crippen LogP contribution in [-0.2, 0) is 4.79 Å². The van der Waals surface area contributed by atoms with Gasteiger partial charge in [0.25, 0.3) is 0 Å². The number of carboxylic acid groups (broad SMARTS) is 1. The van der Waals surface area contributed by atoms with Crippen molar-refractivity contribution in [2.75, 3.05) is 26.7 Å². The largest absolute Gasteiger partial charge is 0.480 e. The molecule has 4 heteroatoms. The maximum atomic E-state index is 11.0. The third-order valence-corrected chi connectivity index (χ3v) is 3.69. The highest BCUT2D eigenvalue weighted by molar-refractivity contribution is 5.74. The van der Waals surface area contributed by atoms with E-state index in [1.165, 1.54) is 0 Å². The summed E-state index contributed by atoms with van der Waals surface area (Å²) in [4.78, 5) is 13.0. The van der Waals surface area contributed by atoms with Gasteiger partial charge in [-0.1, -0.05) is 0 Å². The Hall–Kier alpha value is -0.610. The molecule has 0 saturated carbocycles. The lowest BCUT2D eigenvalue weighted by molar-refractivity contribution is -0.141. The molecule has 0 radical (unpaired) electrons. The van der Waals surface area contributed by atoms with Gasteiger partial charge in [0.1, 0.15) is 6.04 Å². The molecule has 0 aromatic rings. The number of hydrogen-bond acceptors (Lipinski definition) is 3. The molecule has 0 aromatic carbocycles. The van der Waals surface area contributed by atoms with Gasteiger partial charge < -0.3 is 10.4 Å². The molecule has 14 heavy (non-hydrogen) atoms. The zero-order chi connectivity index (χ0) is 10.2. The zero-order valence-electron chi connectivity index (χ0n) is 8.62. The fourth-order valence-corrected chi connectivity index (χ4v) is 2.86. The molecule has 1 unspecified atom stereocenters. The predicted molar refractivity (Wildman–Crippen MR) is 53.2 cm³/mol. The molecule has 2 saturated heterocycles. The van der Waals surface area contributed by atoms with E-state index in [1.807, 2.05) is 11.9 Å². The Morgan fingerprint density at radius 1 is 1.50 bits per heavy atom. The third-order valence-electron chi connectivity index (χ3n) is 3.69. The molecular formula is C10H18N2O2. The first kappa shape index (κ1) is 9.93. The van der Waals surface area contributed by atoms with Gasteiger partial charge in [-0.25, -0.2) is 0 Å². The van der Waals surface area contributed by atoms with Crippen molar-refractivity contribution < 1.29 is 9.90 Å². The summed E-state index contributed by atoms with van der Waals surface area (Å²) in [5.74, 6) is -0.664. The lowest BCUT2D eigenvalue weighted by Gasteiger charge is -2.33. The SMILES string of the molecule is CN1CC2(CCNCC2)CC1C(=O)O. The minimum Gasteiger partial charge on any atom is -0.480 e. The van der Waals surface area contributed by atoms with Crippen LogP contribution < -0.4 is 5.32 Å². The Bertz CT molecular complexity index is 236. The first-order chi connectivity index (χ1) is 6.63. The van der Waals surface area contributed by atoms with E-state index in [0.29, 0.717) is 0 Å². The number of nitrogens with one attached hydrogen (secondary N) is 1. The summed E-state index contributed by atoms with van der Waals surface area (Å²) in [6, 6.07) is -0.256. The standard InChI is InChI=1S/C10H18N2O2/c1-12-7-10(2-4-11-5-3-10)6-8(12)9(13)14/h8,11H,2-7H2,1H3,(H,13,14). The maximum Gasteiger partial charge on any atom is 0.320 e. The number of carboxylic acids is 1. The molecule has 1 spiro atoms. The normalized spacial score (nSPS) is 32.2. The van der Waals surface area contributed by atoms with Crippen LogP contribution in [-0.4, -0.2) is 48.7 Å². The van der Waals surface area contributed by atoms with Gasteiger partial charge in [0.05, 0.1) is 0 Å². The number of hydrogen-bond donors (Lipinski definition) is 2. The Morgan fingerprint density at radius 2 is 2.14 bits per heavy atom. The first-order valence-electron chi connectivity index (χ1n) is 5.27. The van der Waals surface area contributed by atoms with Crippen molar-refractivity contribution in [2.45, 2.75) is 25.3 Å². The quantitative estimate of drug-likeness (QED) is 0.629. The highest BCUT2D eigenvalue weighted by Crippen LogP contribution is 2.41. The molecule has 2 N–H and O–H groups in total. The minimum atomic E-state index is -0.664. The van der Waals surface area contributed by atoms with Crippen molar-refractivity contribution in [1.29, 1.82) is 0 Å². The Kier molecular flexibility index (Phi) is 2.49. The van der Waals surface area contributed by atoms with Gasteiger partial charge in [0.15, 0.2) is 0 Å². The van der Waals surface area contributed by atoms with E-state index in [0.717, 1.165) is 38.9 Å². The monoisotopic (exact) mass is 198 g/mol. The molecule has 2 fully saturated rings. The third kappa shape index (κ3) is 1.64. The molecule has 80 valence electrons. The van der Waals surface area contributed by atoms with Crippen molar-refractivity contribution >= 4 is 5.97 Å². The summed E-state index contributed by atoms with van der Waals surface area (Å²) in [6.45, 7) is 3.03. The highest BCUT2D eigenvalue weighted by atomic mass is 16.4. The molecule has 0 bridgehead atoms. The van der Waals surface area contributed by atoms with E-state index >= 15 is 0 Å². The van der Waals surface area contributed by atoms with Crippen molar-refractivity contribution in [3.8, 4) is 0 Å². The minimum absolute atomic E-state index is 0.256. The van der Waals surface area contributed by atoms with Gasteiger partial charge in [-0.2, -0.15) is 0 Å². The molecule has 2 aliphatic heterocycles. The smallest absolute Gasteiger partial charge is 0.320 e.